The molecule has 92 valence electrons. The van der Waals surface area contributed by atoms with Crippen molar-refractivity contribution in [3.63, 3.8) is 0 Å². The Morgan fingerprint density at radius 3 is 2.94 bits per heavy atom. The van der Waals surface area contributed by atoms with Gasteiger partial charge in [0.2, 0.25) is 0 Å². The number of aliphatic hydroxyl groups is 1. The lowest BCUT2D eigenvalue weighted by Crippen LogP contribution is -2.30. The Balaban J connectivity index is 2.21. The van der Waals surface area contributed by atoms with E-state index in [2.05, 4.69) is 0 Å². The van der Waals surface area contributed by atoms with Gasteiger partial charge in [0.05, 0.1) is 10.6 Å². The van der Waals surface area contributed by atoms with E-state index in [-0.39, 0.29) is 23.1 Å². The average Bonchev–Trinajstić information content (AvgIpc) is 2.77. The van der Waals surface area contributed by atoms with E-state index < -0.39 is 11.7 Å². The van der Waals surface area contributed by atoms with Gasteiger partial charge in [0.25, 0.3) is 5.91 Å². The standard InChI is InChI=1S/C12H13ClFNO2/c13-9-2-1-3-10(14)11(9)12(17)15-5-4-8(6-15)7-16/h1-3,8,16H,4-7H2/t8-/m1/s1. The second-order valence-electron chi connectivity index (χ2n) is 4.19. The van der Waals surface area contributed by atoms with Crippen LogP contribution in [0.1, 0.15) is 16.8 Å². The number of carbonyl (C=O) groups excluding carboxylic acids is 1. The molecule has 1 aromatic carbocycles. The summed E-state index contributed by atoms with van der Waals surface area (Å²) in [6, 6.07) is 4.19. The molecule has 17 heavy (non-hydrogen) atoms. The van der Waals surface area contributed by atoms with Gasteiger partial charge in [-0.1, -0.05) is 17.7 Å². The maximum Gasteiger partial charge on any atom is 0.258 e. The molecule has 0 saturated carbocycles. The van der Waals surface area contributed by atoms with Crippen LogP contribution in [0.15, 0.2) is 18.2 Å². The molecule has 0 aromatic heterocycles. The van der Waals surface area contributed by atoms with E-state index in [4.69, 9.17) is 16.7 Å². The Hall–Kier alpha value is -1.13. The van der Waals surface area contributed by atoms with Crippen molar-refractivity contribution in [3.05, 3.63) is 34.6 Å². The van der Waals surface area contributed by atoms with Crippen LogP contribution < -0.4 is 0 Å². The predicted molar refractivity (Wildman–Crippen MR) is 62.5 cm³/mol. The SMILES string of the molecule is O=C(c1c(F)cccc1Cl)N1CC[C@@H](CO)C1. The van der Waals surface area contributed by atoms with E-state index in [1.165, 1.54) is 23.1 Å². The summed E-state index contributed by atoms with van der Waals surface area (Å²) < 4.78 is 13.6. The topological polar surface area (TPSA) is 40.5 Å². The molecule has 0 aliphatic carbocycles. The minimum Gasteiger partial charge on any atom is -0.396 e. The molecule has 2 rings (SSSR count). The monoisotopic (exact) mass is 257 g/mol. The lowest BCUT2D eigenvalue weighted by Gasteiger charge is -2.17. The minimum absolute atomic E-state index is 0.0504. The van der Waals surface area contributed by atoms with Gasteiger partial charge in [0, 0.05) is 25.6 Å². The molecule has 0 spiro atoms. The molecule has 3 nitrogen and oxygen atoms in total. The number of rotatable bonds is 2. The molecule has 0 radical (unpaired) electrons. The summed E-state index contributed by atoms with van der Waals surface area (Å²) in [5, 5.41) is 9.13. The van der Waals surface area contributed by atoms with Gasteiger partial charge in [-0.25, -0.2) is 4.39 Å². The average molecular weight is 258 g/mol. The van der Waals surface area contributed by atoms with Crippen LogP contribution in [0, 0.1) is 11.7 Å². The van der Waals surface area contributed by atoms with Crippen molar-refractivity contribution >= 4 is 17.5 Å². The molecule has 1 atom stereocenters. The fraction of sp³-hybridized carbons (Fsp3) is 0.417. The highest BCUT2D eigenvalue weighted by Crippen LogP contribution is 2.24. The largest absolute Gasteiger partial charge is 0.396 e. The molecular weight excluding hydrogens is 245 g/mol. The summed E-state index contributed by atoms with van der Waals surface area (Å²) in [6.45, 7) is 1.05. The van der Waals surface area contributed by atoms with Crippen LogP contribution in [0.25, 0.3) is 0 Å². The summed E-state index contributed by atoms with van der Waals surface area (Å²) in [5.74, 6) is -0.913. The van der Waals surface area contributed by atoms with Crippen LogP contribution in [0.3, 0.4) is 0 Å². The molecule has 1 N–H and O–H groups in total. The number of aliphatic hydroxyl groups excluding tert-OH is 1. The fourth-order valence-corrected chi connectivity index (χ4v) is 2.27. The van der Waals surface area contributed by atoms with E-state index in [9.17, 15) is 9.18 Å². The first-order valence-corrected chi connectivity index (χ1v) is 5.85. The smallest absolute Gasteiger partial charge is 0.258 e. The van der Waals surface area contributed by atoms with Gasteiger partial charge in [0.15, 0.2) is 0 Å². The Morgan fingerprint density at radius 1 is 1.59 bits per heavy atom. The van der Waals surface area contributed by atoms with Crippen LogP contribution in [-0.2, 0) is 0 Å². The molecule has 0 unspecified atom stereocenters. The van der Waals surface area contributed by atoms with Gasteiger partial charge in [0.1, 0.15) is 5.82 Å². The van der Waals surface area contributed by atoms with Crippen LogP contribution in [0.5, 0.6) is 0 Å². The molecule has 1 saturated heterocycles. The summed E-state index contributed by atoms with van der Waals surface area (Å²) in [4.78, 5) is 13.6. The van der Waals surface area contributed by atoms with E-state index in [1.54, 1.807) is 0 Å². The summed E-state index contributed by atoms with van der Waals surface area (Å²) >= 11 is 5.84. The second kappa shape index (κ2) is 5.02. The number of benzene rings is 1. The Labute approximate surface area is 104 Å². The van der Waals surface area contributed by atoms with Crippen molar-refractivity contribution in [2.45, 2.75) is 6.42 Å². The van der Waals surface area contributed by atoms with Gasteiger partial charge in [-0.15, -0.1) is 0 Å². The Morgan fingerprint density at radius 2 is 2.35 bits per heavy atom. The number of hydrogen-bond acceptors (Lipinski definition) is 2. The minimum atomic E-state index is -0.602. The normalized spacial score (nSPS) is 19.7. The van der Waals surface area contributed by atoms with Crippen molar-refractivity contribution < 1.29 is 14.3 Å². The zero-order valence-electron chi connectivity index (χ0n) is 9.20. The number of likely N-dealkylation sites (tertiary alicyclic amines) is 1. The quantitative estimate of drug-likeness (QED) is 0.880. The number of nitrogens with zero attached hydrogens (tertiary/aromatic N) is 1. The molecule has 0 bridgehead atoms. The van der Waals surface area contributed by atoms with Crippen molar-refractivity contribution in [1.29, 1.82) is 0 Å². The number of hydrogen-bond donors (Lipinski definition) is 1. The maximum atomic E-state index is 13.6. The van der Waals surface area contributed by atoms with Crippen molar-refractivity contribution in [3.8, 4) is 0 Å². The second-order valence-corrected chi connectivity index (χ2v) is 4.59. The van der Waals surface area contributed by atoms with Gasteiger partial charge in [-0.3, -0.25) is 4.79 Å². The van der Waals surface area contributed by atoms with E-state index in [0.29, 0.717) is 13.1 Å². The van der Waals surface area contributed by atoms with Crippen LogP contribution in [0.2, 0.25) is 5.02 Å². The van der Waals surface area contributed by atoms with E-state index >= 15 is 0 Å². The van der Waals surface area contributed by atoms with Crippen molar-refractivity contribution in [2.75, 3.05) is 19.7 Å². The highest BCUT2D eigenvalue weighted by atomic mass is 35.5. The number of carbonyl (C=O) groups is 1. The summed E-state index contributed by atoms with van der Waals surface area (Å²) in [7, 11) is 0. The first kappa shape index (κ1) is 12.3. The molecule has 1 aliphatic rings. The highest BCUT2D eigenvalue weighted by molar-refractivity contribution is 6.33. The zero-order chi connectivity index (χ0) is 12.4. The first-order chi connectivity index (χ1) is 8.13. The van der Waals surface area contributed by atoms with Crippen LogP contribution >= 0.6 is 11.6 Å². The van der Waals surface area contributed by atoms with E-state index in [1.807, 2.05) is 0 Å². The number of amides is 1. The molecule has 5 heteroatoms. The van der Waals surface area contributed by atoms with Crippen molar-refractivity contribution in [2.24, 2.45) is 5.92 Å². The maximum absolute atomic E-state index is 13.6. The van der Waals surface area contributed by atoms with E-state index in [0.717, 1.165) is 6.42 Å². The summed E-state index contributed by atoms with van der Waals surface area (Å²) in [6.07, 6.45) is 0.744. The lowest BCUT2D eigenvalue weighted by molar-refractivity contribution is 0.0777. The first-order valence-electron chi connectivity index (χ1n) is 5.47. The molecule has 1 amide bonds. The third kappa shape index (κ3) is 2.42. The third-order valence-electron chi connectivity index (χ3n) is 3.01. The van der Waals surface area contributed by atoms with Gasteiger partial charge in [-0.2, -0.15) is 0 Å². The van der Waals surface area contributed by atoms with Gasteiger partial charge < -0.3 is 10.0 Å². The Kier molecular flexibility index (Phi) is 3.64. The highest BCUT2D eigenvalue weighted by Gasteiger charge is 2.29. The van der Waals surface area contributed by atoms with Crippen molar-refractivity contribution in [1.82, 2.24) is 4.90 Å². The predicted octanol–water partition coefficient (Wildman–Crippen LogP) is 1.93. The van der Waals surface area contributed by atoms with Gasteiger partial charge in [-0.05, 0) is 18.6 Å². The Bertz CT molecular complexity index is 418. The molecule has 1 fully saturated rings. The molecule has 1 heterocycles. The van der Waals surface area contributed by atoms with Crippen LogP contribution in [-0.4, -0.2) is 35.6 Å². The molecule has 1 aromatic rings. The van der Waals surface area contributed by atoms with Gasteiger partial charge >= 0.3 is 0 Å². The number of halogens is 2. The summed E-state index contributed by atoms with van der Waals surface area (Å²) in [5.41, 5.74) is -0.0762. The fourth-order valence-electron chi connectivity index (χ4n) is 2.03. The molecule has 1 aliphatic heterocycles. The van der Waals surface area contributed by atoms with Crippen LogP contribution in [0.4, 0.5) is 4.39 Å². The third-order valence-corrected chi connectivity index (χ3v) is 3.32. The lowest BCUT2D eigenvalue weighted by atomic mass is 10.1. The molecular formula is C12H13ClFNO2. The zero-order valence-corrected chi connectivity index (χ0v) is 9.95.